The number of benzene rings is 1. The average molecular weight is 345 g/mol. The van der Waals surface area contributed by atoms with Gasteiger partial charge in [-0.25, -0.2) is 10.4 Å². The zero-order chi connectivity index (χ0) is 16.1. The van der Waals surface area contributed by atoms with Gasteiger partial charge in [0.25, 0.3) is 5.91 Å². The molecule has 3 rings (SSSR count). The summed E-state index contributed by atoms with van der Waals surface area (Å²) in [5.41, 5.74) is 3.63. The molecule has 23 heavy (non-hydrogen) atoms. The predicted molar refractivity (Wildman–Crippen MR) is 98.1 cm³/mol. The highest BCUT2D eigenvalue weighted by atomic mass is 32.2. The smallest absolute Gasteiger partial charge is 0.253 e. The van der Waals surface area contributed by atoms with Gasteiger partial charge < -0.3 is 0 Å². The van der Waals surface area contributed by atoms with Crippen molar-refractivity contribution in [2.24, 2.45) is 11.0 Å². The lowest BCUT2D eigenvalue weighted by Gasteiger charge is -2.12. The highest BCUT2D eigenvalue weighted by Gasteiger charge is 2.16. The van der Waals surface area contributed by atoms with E-state index in [4.69, 9.17) is 0 Å². The lowest BCUT2D eigenvalue weighted by atomic mass is 9.96. The molecule has 120 valence electrons. The highest BCUT2D eigenvalue weighted by molar-refractivity contribution is 8.02. The van der Waals surface area contributed by atoms with Gasteiger partial charge in [-0.1, -0.05) is 36.0 Å². The van der Waals surface area contributed by atoms with Crippen LogP contribution in [0, 0.1) is 5.92 Å². The monoisotopic (exact) mass is 345 g/mol. The zero-order valence-electron chi connectivity index (χ0n) is 12.9. The summed E-state index contributed by atoms with van der Waals surface area (Å²) in [6.45, 7) is 1.88. The van der Waals surface area contributed by atoms with Crippen LogP contribution in [0.3, 0.4) is 0 Å². The maximum atomic E-state index is 12.1. The van der Waals surface area contributed by atoms with E-state index in [0.29, 0.717) is 5.92 Å². The lowest BCUT2D eigenvalue weighted by Crippen LogP contribution is -2.27. The Morgan fingerprint density at radius 3 is 3.13 bits per heavy atom. The van der Waals surface area contributed by atoms with Gasteiger partial charge in [0.1, 0.15) is 0 Å². The molecule has 1 heterocycles. The molecule has 0 radical (unpaired) electrons. The summed E-state index contributed by atoms with van der Waals surface area (Å²) in [6.07, 6.45) is 9.43. The normalized spacial score (nSPS) is 19.3. The van der Waals surface area contributed by atoms with Crippen LogP contribution >= 0.6 is 23.1 Å². The first-order chi connectivity index (χ1) is 11.2. The molecule has 2 aromatic rings. The number of thiazole rings is 1. The topological polar surface area (TPSA) is 54.4 Å². The number of nitrogens with one attached hydrogen (secondary N) is 1. The summed E-state index contributed by atoms with van der Waals surface area (Å²) >= 11 is 3.09. The van der Waals surface area contributed by atoms with Crippen molar-refractivity contribution in [2.75, 3.05) is 0 Å². The van der Waals surface area contributed by atoms with Gasteiger partial charge in [-0.05, 0) is 44.2 Å². The highest BCUT2D eigenvalue weighted by Crippen LogP contribution is 2.31. The molecule has 1 amide bonds. The molecular formula is C17H19N3OS2. The van der Waals surface area contributed by atoms with Crippen LogP contribution in [0.2, 0.25) is 0 Å². The summed E-state index contributed by atoms with van der Waals surface area (Å²) in [7, 11) is 0. The maximum absolute atomic E-state index is 12.1. The largest absolute Gasteiger partial charge is 0.272 e. The molecular weight excluding hydrogens is 326 g/mol. The summed E-state index contributed by atoms with van der Waals surface area (Å²) in [5.74, 6) is 0.351. The molecule has 1 aromatic heterocycles. The van der Waals surface area contributed by atoms with E-state index in [1.165, 1.54) is 11.8 Å². The fraction of sp³-hybridized carbons (Fsp3) is 0.353. The number of carbonyl (C=O) groups excluding carboxylic acids is 1. The fourth-order valence-corrected chi connectivity index (χ4v) is 4.56. The predicted octanol–water partition coefficient (Wildman–Crippen LogP) is 4.24. The van der Waals surface area contributed by atoms with Crippen LogP contribution in [0.15, 0.2) is 45.9 Å². The van der Waals surface area contributed by atoms with Crippen molar-refractivity contribution in [3.63, 3.8) is 0 Å². The number of para-hydroxylation sites is 1. The van der Waals surface area contributed by atoms with Gasteiger partial charge >= 0.3 is 0 Å². The third-order valence-electron chi connectivity index (χ3n) is 3.69. The SMILES string of the molecule is C[C@H](Sc1nc2ccccc2s1)C(=O)N/N=C\[C@@H]1CC=CCC1. The molecule has 1 N–H and O–H groups in total. The number of nitrogens with zero attached hydrogens (tertiary/aromatic N) is 2. The minimum Gasteiger partial charge on any atom is -0.272 e. The first kappa shape index (κ1) is 16.2. The van der Waals surface area contributed by atoms with E-state index in [0.717, 1.165) is 33.8 Å². The molecule has 1 aromatic carbocycles. The Hall–Kier alpha value is -1.66. The first-order valence-corrected chi connectivity index (χ1v) is 9.42. The van der Waals surface area contributed by atoms with Gasteiger partial charge in [-0.2, -0.15) is 5.10 Å². The third-order valence-corrected chi connectivity index (χ3v) is 5.92. The number of allylic oxidation sites excluding steroid dienone is 2. The molecule has 0 fully saturated rings. The van der Waals surface area contributed by atoms with Crippen molar-refractivity contribution in [3.05, 3.63) is 36.4 Å². The molecule has 0 saturated carbocycles. The third kappa shape index (κ3) is 4.42. The number of hydrazone groups is 1. The maximum Gasteiger partial charge on any atom is 0.253 e. The standard InChI is InChI=1S/C17H19N3OS2/c1-12(16(21)20-18-11-13-7-3-2-4-8-13)22-17-19-14-9-5-6-10-15(14)23-17/h2-3,5-6,9-13H,4,7-8H2,1H3,(H,20,21)/b18-11-/t12-,13+/m0/s1. The van der Waals surface area contributed by atoms with Gasteiger partial charge in [-0.15, -0.1) is 11.3 Å². The van der Waals surface area contributed by atoms with E-state index < -0.39 is 0 Å². The Morgan fingerprint density at radius 2 is 2.35 bits per heavy atom. The second-order valence-electron chi connectivity index (χ2n) is 5.51. The summed E-state index contributed by atoms with van der Waals surface area (Å²) in [5, 5.41) is 3.89. The number of hydrogen-bond acceptors (Lipinski definition) is 5. The van der Waals surface area contributed by atoms with Crippen molar-refractivity contribution >= 4 is 45.4 Å². The molecule has 0 bridgehead atoms. The van der Waals surface area contributed by atoms with Gasteiger partial charge in [0.05, 0.1) is 15.5 Å². The molecule has 0 unspecified atom stereocenters. The number of hydrogen-bond donors (Lipinski definition) is 1. The molecule has 0 saturated heterocycles. The van der Waals surface area contributed by atoms with E-state index in [1.54, 1.807) is 11.3 Å². The molecule has 0 aliphatic heterocycles. The molecule has 0 spiro atoms. The second kappa shape index (κ2) is 7.75. The van der Waals surface area contributed by atoms with Gasteiger partial charge in [0.2, 0.25) is 0 Å². The molecule has 6 heteroatoms. The van der Waals surface area contributed by atoms with E-state index in [9.17, 15) is 4.79 Å². The zero-order valence-corrected chi connectivity index (χ0v) is 14.6. The van der Waals surface area contributed by atoms with Crippen LogP contribution in [0.4, 0.5) is 0 Å². The van der Waals surface area contributed by atoms with Gasteiger partial charge in [0.15, 0.2) is 4.34 Å². The number of rotatable bonds is 5. The summed E-state index contributed by atoms with van der Waals surface area (Å²) in [6, 6.07) is 8.01. The minimum absolute atomic E-state index is 0.0862. The second-order valence-corrected chi connectivity index (χ2v) is 8.12. The number of fused-ring (bicyclic) bond motifs is 1. The quantitative estimate of drug-likeness (QED) is 0.382. The fourth-order valence-electron chi connectivity index (χ4n) is 2.36. The molecule has 4 nitrogen and oxygen atoms in total. The number of carbonyl (C=O) groups is 1. The van der Waals surface area contributed by atoms with E-state index in [2.05, 4.69) is 27.7 Å². The van der Waals surface area contributed by atoms with Crippen LogP contribution in [-0.2, 0) is 4.79 Å². The Morgan fingerprint density at radius 1 is 1.48 bits per heavy atom. The van der Waals surface area contributed by atoms with Crippen molar-refractivity contribution in [3.8, 4) is 0 Å². The molecule has 1 aliphatic carbocycles. The Bertz CT molecular complexity index is 705. The first-order valence-electron chi connectivity index (χ1n) is 7.72. The average Bonchev–Trinajstić information content (AvgIpc) is 2.98. The Balaban J connectivity index is 1.52. The van der Waals surface area contributed by atoms with E-state index in [1.807, 2.05) is 37.4 Å². The summed E-state index contributed by atoms with van der Waals surface area (Å²) < 4.78 is 2.06. The van der Waals surface area contributed by atoms with Crippen LogP contribution in [0.5, 0.6) is 0 Å². The number of aromatic nitrogens is 1. The van der Waals surface area contributed by atoms with Crippen LogP contribution in [0.1, 0.15) is 26.2 Å². The summed E-state index contributed by atoms with van der Waals surface area (Å²) in [4.78, 5) is 16.7. The Labute approximate surface area is 144 Å². The van der Waals surface area contributed by atoms with Gasteiger partial charge in [-0.3, -0.25) is 4.79 Å². The van der Waals surface area contributed by atoms with Crippen molar-refractivity contribution in [2.45, 2.75) is 35.8 Å². The molecule has 1 aliphatic rings. The van der Waals surface area contributed by atoms with Crippen LogP contribution in [0.25, 0.3) is 10.2 Å². The number of amides is 1. The van der Waals surface area contributed by atoms with Gasteiger partial charge in [0, 0.05) is 6.21 Å². The minimum atomic E-state index is -0.223. The van der Waals surface area contributed by atoms with E-state index >= 15 is 0 Å². The van der Waals surface area contributed by atoms with Crippen molar-refractivity contribution < 1.29 is 4.79 Å². The van der Waals surface area contributed by atoms with Crippen molar-refractivity contribution in [1.29, 1.82) is 0 Å². The lowest BCUT2D eigenvalue weighted by molar-refractivity contribution is -0.120. The molecule has 2 atom stereocenters. The van der Waals surface area contributed by atoms with Crippen LogP contribution in [-0.4, -0.2) is 22.4 Å². The van der Waals surface area contributed by atoms with E-state index in [-0.39, 0.29) is 11.2 Å². The number of thioether (sulfide) groups is 1. The van der Waals surface area contributed by atoms with Crippen molar-refractivity contribution in [1.82, 2.24) is 10.4 Å². The van der Waals surface area contributed by atoms with Crippen LogP contribution < -0.4 is 5.43 Å². The Kier molecular flexibility index (Phi) is 5.46.